The van der Waals surface area contributed by atoms with Gasteiger partial charge in [-0.25, -0.2) is 4.39 Å². The van der Waals surface area contributed by atoms with E-state index in [1.54, 1.807) is 22.3 Å². The van der Waals surface area contributed by atoms with Gasteiger partial charge < -0.3 is 9.42 Å². The van der Waals surface area contributed by atoms with E-state index in [2.05, 4.69) is 10.1 Å². The lowest BCUT2D eigenvalue weighted by atomic mass is 9.98. The van der Waals surface area contributed by atoms with Crippen LogP contribution in [0.3, 0.4) is 0 Å². The van der Waals surface area contributed by atoms with Crippen LogP contribution in [0, 0.1) is 5.82 Å². The molecule has 1 amide bonds. The van der Waals surface area contributed by atoms with Crippen LogP contribution in [0.5, 0.6) is 0 Å². The van der Waals surface area contributed by atoms with Gasteiger partial charge in [0.05, 0.1) is 5.92 Å². The van der Waals surface area contributed by atoms with E-state index in [9.17, 15) is 9.18 Å². The summed E-state index contributed by atoms with van der Waals surface area (Å²) in [6, 6.07) is 7.64. The van der Waals surface area contributed by atoms with Gasteiger partial charge in [-0.3, -0.25) is 4.79 Å². The molecule has 0 radical (unpaired) electrons. The van der Waals surface area contributed by atoms with Crippen molar-refractivity contribution in [2.75, 3.05) is 13.1 Å². The molecule has 0 bridgehead atoms. The lowest BCUT2D eigenvalue weighted by Crippen LogP contribution is -2.48. The smallest absolute Gasteiger partial charge is 0.254 e. The molecule has 2 aromatic heterocycles. The Hall–Kier alpha value is -2.54. The number of benzene rings is 1. The first-order chi connectivity index (χ1) is 11.2. The number of hydrogen-bond donors (Lipinski definition) is 0. The van der Waals surface area contributed by atoms with E-state index in [0.717, 1.165) is 5.56 Å². The van der Waals surface area contributed by atoms with Crippen molar-refractivity contribution >= 4 is 17.2 Å². The Kier molecular flexibility index (Phi) is 3.42. The third kappa shape index (κ3) is 2.63. The van der Waals surface area contributed by atoms with Gasteiger partial charge in [-0.2, -0.15) is 16.3 Å². The average molecular weight is 329 g/mol. The second-order valence-electron chi connectivity index (χ2n) is 5.39. The predicted octanol–water partition coefficient (Wildman–Crippen LogP) is 3.18. The summed E-state index contributed by atoms with van der Waals surface area (Å²) in [5, 5.41) is 7.87. The molecule has 1 aliphatic heterocycles. The molecule has 3 aromatic rings. The first-order valence-corrected chi connectivity index (χ1v) is 8.06. The van der Waals surface area contributed by atoms with Crippen molar-refractivity contribution in [3.8, 4) is 11.4 Å². The van der Waals surface area contributed by atoms with Crippen molar-refractivity contribution in [3.63, 3.8) is 0 Å². The molecular formula is C16H12FN3O2S. The molecule has 0 atom stereocenters. The topological polar surface area (TPSA) is 59.2 Å². The van der Waals surface area contributed by atoms with E-state index >= 15 is 0 Å². The fourth-order valence-electron chi connectivity index (χ4n) is 2.51. The monoisotopic (exact) mass is 329 g/mol. The molecule has 23 heavy (non-hydrogen) atoms. The largest absolute Gasteiger partial charge is 0.339 e. The molecule has 0 aliphatic carbocycles. The zero-order valence-corrected chi connectivity index (χ0v) is 12.8. The molecular weight excluding hydrogens is 317 g/mol. The van der Waals surface area contributed by atoms with Crippen LogP contribution >= 0.6 is 11.3 Å². The van der Waals surface area contributed by atoms with E-state index in [0.29, 0.717) is 30.4 Å². The van der Waals surface area contributed by atoms with Gasteiger partial charge in [-0.15, -0.1) is 0 Å². The van der Waals surface area contributed by atoms with Crippen molar-refractivity contribution in [1.82, 2.24) is 15.0 Å². The maximum Gasteiger partial charge on any atom is 0.254 e. The maximum atomic E-state index is 13.2. The Bertz CT molecular complexity index is 841. The van der Waals surface area contributed by atoms with Crippen LogP contribution in [0.2, 0.25) is 0 Å². The second-order valence-corrected chi connectivity index (χ2v) is 6.17. The summed E-state index contributed by atoms with van der Waals surface area (Å²) >= 11 is 1.57. The van der Waals surface area contributed by atoms with Crippen molar-refractivity contribution < 1.29 is 13.7 Å². The van der Waals surface area contributed by atoms with Crippen LogP contribution in [-0.4, -0.2) is 34.0 Å². The van der Waals surface area contributed by atoms with Crippen molar-refractivity contribution in [1.29, 1.82) is 0 Å². The quantitative estimate of drug-likeness (QED) is 0.740. The van der Waals surface area contributed by atoms with Crippen molar-refractivity contribution in [2.45, 2.75) is 5.92 Å². The van der Waals surface area contributed by atoms with Gasteiger partial charge in [-0.05, 0) is 29.6 Å². The number of thiophene rings is 1. The van der Waals surface area contributed by atoms with E-state index < -0.39 is 5.82 Å². The highest BCUT2D eigenvalue weighted by molar-refractivity contribution is 7.08. The summed E-state index contributed by atoms with van der Waals surface area (Å²) in [4.78, 5) is 18.3. The highest BCUT2D eigenvalue weighted by Gasteiger charge is 2.36. The Labute approximate surface area is 135 Å². The van der Waals surface area contributed by atoms with Gasteiger partial charge in [-0.1, -0.05) is 11.2 Å². The van der Waals surface area contributed by atoms with E-state index in [4.69, 9.17) is 4.52 Å². The van der Waals surface area contributed by atoms with Gasteiger partial charge in [0.2, 0.25) is 11.7 Å². The summed E-state index contributed by atoms with van der Waals surface area (Å²) in [7, 11) is 0. The summed E-state index contributed by atoms with van der Waals surface area (Å²) in [5.74, 6) is 0.543. The van der Waals surface area contributed by atoms with E-state index in [-0.39, 0.29) is 11.8 Å². The molecule has 116 valence electrons. The number of halogens is 1. The highest BCUT2D eigenvalue weighted by atomic mass is 32.1. The molecule has 1 aromatic carbocycles. The zero-order valence-electron chi connectivity index (χ0n) is 12.0. The van der Waals surface area contributed by atoms with Crippen LogP contribution in [0.25, 0.3) is 11.4 Å². The summed E-state index contributed by atoms with van der Waals surface area (Å²) in [6.45, 7) is 1.00. The van der Waals surface area contributed by atoms with Crippen LogP contribution in [0.15, 0.2) is 45.6 Å². The highest BCUT2D eigenvalue weighted by Crippen LogP contribution is 2.29. The summed E-state index contributed by atoms with van der Waals surface area (Å²) in [5.41, 5.74) is 1.28. The second kappa shape index (κ2) is 5.58. The number of aromatic nitrogens is 2. The number of rotatable bonds is 3. The Morgan fingerprint density at radius 1 is 1.35 bits per heavy atom. The van der Waals surface area contributed by atoms with Crippen LogP contribution in [0.1, 0.15) is 22.2 Å². The van der Waals surface area contributed by atoms with Crippen molar-refractivity contribution in [3.05, 3.63) is 58.4 Å². The molecule has 0 saturated carbocycles. The first kappa shape index (κ1) is 14.1. The van der Waals surface area contributed by atoms with Gasteiger partial charge in [0.1, 0.15) is 5.82 Å². The molecule has 1 fully saturated rings. The third-order valence-electron chi connectivity index (χ3n) is 3.81. The van der Waals surface area contributed by atoms with Crippen LogP contribution < -0.4 is 0 Å². The molecule has 0 unspecified atom stereocenters. The van der Waals surface area contributed by atoms with Gasteiger partial charge >= 0.3 is 0 Å². The van der Waals surface area contributed by atoms with Gasteiger partial charge in [0.15, 0.2) is 0 Å². The number of nitrogens with zero attached hydrogens (tertiary/aromatic N) is 3. The normalized spacial score (nSPS) is 14.7. The predicted molar refractivity (Wildman–Crippen MR) is 82.7 cm³/mol. The molecule has 0 N–H and O–H groups in total. The Morgan fingerprint density at radius 3 is 2.96 bits per heavy atom. The molecule has 7 heteroatoms. The minimum absolute atomic E-state index is 0.0346. The molecule has 1 saturated heterocycles. The lowest BCUT2D eigenvalue weighted by molar-refractivity contribution is 0.0568. The fourth-order valence-corrected chi connectivity index (χ4v) is 3.15. The average Bonchev–Trinajstić information content (AvgIpc) is 3.16. The minimum atomic E-state index is -0.412. The first-order valence-electron chi connectivity index (χ1n) is 7.12. The van der Waals surface area contributed by atoms with Crippen LogP contribution in [0.4, 0.5) is 4.39 Å². The third-order valence-corrected chi connectivity index (χ3v) is 4.49. The zero-order chi connectivity index (χ0) is 15.8. The van der Waals surface area contributed by atoms with E-state index in [1.807, 2.05) is 16.8 Å². The Morgan fingerprint density at radius 2 is 2.22 bits per heavy atom. The lowest BCUT2D eigenvalue weighted by Gasteiger charge is -2.37. The summed E-state index contributed by atoms with van der Waals surface area (Å²) in [6.07, 6.45) is 0. The number of amides is 1. The number of likely N-dealkylation sites (tertiary alicyclic amines) is 1. The van der Waals surface area contributed by atoms with Gasteiger partial charge in [0, 0.05) is 29.6 Å². The maximum absolute atomic E-state index is 13.2. The summed E-state index contributed by atoms with van der Waals surface area (Å²) < 4.78 is 18.5. The standard InChI is InChI=1S/C16H12FN3O2S/c17-13-3-1-2-10(6-13)16(21)20-7-12(8-20)15-18-14(19-22-15)11-4-5-23-9-11/h1-6,9,12H,7-8H2. The molecule has 5 nitrogen and oxygen atoms in total. The Balaban J connectivity index is 1.43. The van der Waals surface area contributed by atoms with Crippen molar-refractivity contribution in [2.24, 2.45) is 0 Å². The fraction of sp³-hybridized carbons (Fsp3) is 0.188. The number of carbonyl (C=O) groups excluding carboxylic acids is 1. The number of carbonyl (C=O) groups is 1. The van der Waals surface area contributed by atoms with E-state index in [1.165, 1.54) is 18.2 Å². The molecule has 3 heterocycles. The minimum Gasteiger partial charge on any atom is -0.339 e. The molecule has 0 spiro atoms. The molecule has 1 aliphatic rings. The molecule has 4 rings (SSSR count). The SMILES string of the molecule is O=C(c1cccc(F)c1)N1CC(c2nc(-c3ccsc3)no2)C1. The number of hydrogen-bond acceptors (Lipinski definition) is 5. The van der Waals surface area contributed by atoms with Crippen LogP contribution in [-0.2, 0) is 0 Å². The van der Waals surface area contributed by atoms with Gasteiger partial charge in [0.25, 0.3) is 5.91 Å².